The van der Waals surface area contributed by atoms with Crippen molar-refractivity contribution >= 4 is 29.2 Å². The molecule has 0 aliphatic rings. The number of nitrogens with two attached hydrogens (primary N) is 1. The molecule has 104 valence electrons. The minimum Gasteiger partial charge on any atom is -0.480 e. The van der Waals surface area contributed by atoms with Crippen molar-refractivity contribution in [3.63, 3.8) is 0 Å². The highest BCUT2D eigenvalue weighted by molar-refractivity contribution is 7.07. The number of hydrogen-bond donors (Lipinski definition) is 3. The zero-order chi connectivity index (χ0) is 14.4. The molecule has 0 fully saturated rings. The molecule has 1 aromatic rings. The first-order valence-corrected chi connectivity index (χ1v) is 6.24. The molecular formula is C10H14N4O4S. The van der Waals surface area contributed by atoms with Gasteiger partial charge in [-0.1, -0.05) is 0 Å². The third-order valence-corrected chi connectivity index (χ3v) is 2.87. The predicted octanol–water partition coefficient (Wildman–Crippen LogP) is -0.387. The molecule has 1 rings (SSSR count). The second-order valence-electron chi connectivity index (χ2n) is 3.85. The molecule has 1 aromatic heterocycles. The SMILES string of the molecule is CN(Cc1cscn1)C(=O)NC(CC(N)=O)C(=O)O. The summed E-state index contributed by atoms with van der Waals surface area (Å²) in [5, 5.41) is 12.9. The number of thiazole rings is 1. The van der Waals surface area contributed by atoms with Crippen molar-refractivity contribution in [2.24, 2.45) is 5.73 Å². The van der Waals surface area contributed by atoms with Crippen molar-refractivity contribution in [2.45, 2.75) is 19.0 Å². The highest BCUT2D eigenvalue weighted by atomic mass is 32.1. The number of carbonyl (C=O) groups is 3. The van der Waals surface area contributed by atoms with E-state index in [4.69, 9.17) is 10.8 Å². The lowest BCUT2D eigenvalue weighted by Crippen LogP contribution is -2.48. The third-order valence-electron chi connectivity index (χ3n) is 2.23. The first kappa shape index (κ1) is 14.9. The Balaban J connectivity index is 2.56. The maximum Gasteiger partial charge on any atom is 0.326 e. The Labute approximate surface area is 113 Å². The highest BCUT2D eigenvalue weighted by Crippen LogP contribution is 2.04. The molecule has 8 nitrogen and oxygen atoms in total. The Morgan fingerprint density at radius 2 is 2.26 bits per heavy atom. The molecule has 9 heteroatoms. The quantitative estimate of drug-likeness (QED) is 0.656. The second-order valence-corrected chi connectivity index (χ2v) is 4.57. The summed E-state index contributed by atoms with van der Waals surface area (Å²) >= 11 is 1.40. The van der Waals surface area contributed by atoms with E-state index in [1.807, 2.05) is 0 Å². The zero-order valence-electron chi connectivity index (χ0n) is 10.2. The van der Waals surface area contributed by atoms with Crippen molar-refractivity contribution in [3.8, 4) is 0 Å². The van der Waals surface area contributed by atoms with E-state index in [0.717, 1.165) is 0 Å². The van der Waals surface area contributed by atoms with Gasteiger partial charge in [0, 0.05) is 12.4 Å². The average Bonchev–Trinajstić information content (AvgIpc) is 2.79. The van der Waals surface area contributed by atoms with Gasteiger partial charge in [0.05, 0.1) is 24.2 Å². The second kappa shape index (κ2) is 6.69. The van der Waals surface area contributed by atoms with Crippen LogP contribution in [0, 0.1) is 0 Å². The summed E-state index contributed by atoms with van der Waals surface area (Å²) in [6.45, 7) is 0.248. The number of carbonyl (C=O) groups excluding carboxylic acids is 2. The van der Waals surface area contributed by atoms with Gasteiger partial charge in [0.1, 0.15) is 6.04 Å². The minimum atomic E-state index is -1.33. The molecule has 1 atom stereocenters. The van der Waals surface area contributed by atoms with Gasteiger partial charge < -0.3 is 21.1 Å². The summed E-state index contributed by atoms with van der Waals surface area (Å²) in [6, 6.07) is -1.94. The number of amides is 3. The molecule has 4 N–H and O–H groups in total. The molecule has 0 spiro atoms. The lowest BCUT2D eigenvalue weighted by Gasteiger charge is -2.20. The van der Waals surface area contributed by atoms with Crippen LogP contribution in [0.5, 0.6) is 0 Å². The fourth-order valence-electron chi connectivity index (χ4n) is 1.29. The molecule has 0 aliphatic carbocycles. The summed E-state index contributed by atoms with van der Waals surface area (Å²) in [4.78, 5) is 38.6. The van der Waals surface area contributed by atoms with E-state index in [9.17, 15) is 14.4 Å². The van der Waals surface area contributed by atoms with Crippen LogP contribution >= 0.6 is 11.3 Å². The summed E-state index contributed by atoms with van der Waals surface area (Å²) in [7, 11) is 1.50. The number of aliphatic carboxylic acids is 1. The maximum atomic E-state index is 11.7. The van der Waals surface area contributed by atoms with E-state index in [1.165, 1.54) is 23.3 Å². The molecule has 0 saturated carbocycles. The number of hydrogen-bond acceptors (Lipinski definition) is 5. The van der Waals surface area contributed by atoms with Crippen molar-refractivity contribution in [2.75, 3.05) is 7.05 Å². The molecular weight excluding hydrogens is 272 g/mol. The average molecular weight is 286 g/mol. The van der Waals surface area contributed by atoms with Crippen LogP contribution in [0.3, 0.4) is 0 Å². The van der Waals surface area contributed by atoms with Gasteiger partial charge in [0.15, 0.2) is 0 Å². The van der Waals surface area contributed by atoms with Gasteiger partial charge in [-0.05, 0) is 0 Å². The molecule has 0 saturated heterocycles. The van der Waals surface area contributed by atoms with Crippen molar-refractivity contribution in [1.82, 2.24) is 15.2 Å². The van der Waals surface area contributed by atoms with Crippen molar-refractivity contribution < 1.29 is 19.5 Å². The van der Waals surface area contributed by atoms with Gasteiger partial charge >= 0.3 is 12.0 Å². The van der Waals surface area contributed by atoms with Crippen LogP contribution in [0.2, 0.25) is 0 Å². The van der Waals surface area contributed by atoms with Crippen LogP contribution in [0.4, 0.5) is 4.79 Å². The Morgan fingerprint density at radius 3 is 2.74 bits per heavy atom. The van der Waals surface area contributed by atoms with E-state index in [-0.39, 0.29) is 6.54 Å². The van der Waals surface area contributed by atoms with E-state index >= 15 is 0 Å². The van der Waals surface area contributed by atoms with Gasteiger partial charge in [0.2, 0.25) is 5.91 Å². The molecule has 0 aliphatic heterocycles. The van der Waals surface area contributed by atoms with E-state index in [0.29, 0.717) is 5.69 Å². The fourth-order valence-corrected chi connectivity index (χ4v) is 1.84. The van der Waals surface area contributed by atoms with Gasteiger partial charge in [-0.3, -0.25) is 4.79 Å². The molecule has 0 bridgehead atoms. The van der Waals surface area contributed by atoms with Crippen LogP contribution in [0.25, 0.3) is 0 Å². The third kappa shape index (κ3) is 4.92. The monoisotopic (exact) mass is 286 g/mol. The fraction of sp³-hybridized carbons (Fsp3) is 0.400. The van der Waals surface area contributed by atoms with Crippen molar-refractivity contribution in [1.29, 1.82) is 0 Å². The lowest BCUT2D eigenvalue weighted by atomic mass is 10.2. The van der Waals surface area contributed by atoms with Crippen LogP contribution in [-0.4, -0.2) is 46.0 Å². The largest absolute Gasteiger partial charge is 0.480 e. The Morgan fingerprint density at radius 1 is 1.58 bits per heavy atom. The van der Waals surface area contributed by atoms with E-state index < -0.39 is 30.4 Å². The summed E-state index contributed by atoms with van der Waals surface area (Å²) in [6.07, 6.45) is -0.453. The zero-order valence-corrected chi connectivity index (χ0v) is 11.0. The molecule has 0 radical (unpaired) electrons. The summed E-state index contributed by atoms with van der Waals surface area (Å²) in [5.41, 5.74) is 7.25. The summed E-state index contributed by atoms with van der Waals surface area (Å²) < 4.78 is 0. The number of primary amides is 1. The maximum absolute atomic E-state index is 11.7. The Kier molecular flexibility index (Phi) is 5.24. The smallest absolute Gasteiger partial charge is 0.326 e. The number of nitrogens with one attached hydrogen (secondary N) is 1. The van der Waals surface area contributed by atoms with Crippen LogP contribution in [0.15, 0.2) is 10.9 Å². The van der Waals surface area contributed by atoms with E-state index in [1.54, 1.807) is 10.9 Å². The standard InChI is InChI=1S/C10H14N4O4S/c1-14(3-6-4-19-5-12-6)10(18)13-7(9(16)17)2-8(11)15/h4-5,7H,2-3H2,1H3,(H2,11,15)(H,13,18)(H,16,17). The van der Waals surface area contributed by atoms with Crippen molar-refractivity contribution in [3.05, 3.63) is 16.6 Å². The van der Waals surface area contributed by atoms with Gasteiger partial charge in [-0.2, -0.15) is 0 Å². The normalized spacial score (nSPS) is 11.6. The van der Waals surface area contributed by atoms with Gasteiger partial charge in [-0.25, -0.2) is 14.6 Å². The number of urea groups is 1. The number of nitrogens with zero attached hydrogens (tertiary/aromatic N) is 2. The van der Waals surface area contributed by atoms with Crippen LogP contribution in [-0.2, 0) is 16.1 Å². The minimum absolute atomic E-state index is 0.248. The predicted molar refractivity (Wildman–Crippen MR) is 67.3 cm³/mol. The Bertz CT molecular complexity index is 462. The highest BCUT2D eigenvalue weighted by Gasteiger charge is 2.23. The molecule has 3 amide bonds. The molecule has 1 heterocycles. The molecule has 19 heavy (non-hydrogen) atoms. The molecule has 0 aromatic carbocycles. The number of carboxylic acid groups (broad SMARTS) is 1. The van der Waals surface area contributed by atoms with E-state index in [2.05, 4.69) is 10.3 Å². The van der Waals surface area contributed by atoms with Crippen LogP contribution < -0.4 is 11.1 Å². The first-order chi connectivity index (χ1) is 8.90. The summed E-state index contributed by atoms with van der Waals surface area (Å²) in [5.74, 6) is -2.11. The number of carboxylic acids is 1. The first-order valence-electron chi connectivity index (χ1n) is 5.30. The topological polar surface area (TPSA) is 126 Å². The number of rotatable bonds is 6. The lowest BCUT2D eigenvalue weighted by molar-refractivity contribution is -0.140. The van der Waals surface area contributed by atoms with Crippen LogP contribution in [0.1, 0.15) is 12.1 Å². The molecule has 1 unspecified atom stereocenters. The number of aromatic nitrogens is 1. The Hall–Kier alpha value is -2.16. The van der Waals surface area contributed by atoms with Gasteiger partial charge in [0.25, 0.3) is 0 Å². The van der Waals surface area contributed by atoms with Gasteiger partial charge in [-0.15, -0.1) is 11.3 Å².